The average Bonchev–Trinajstić information content (AvgIpc) is 2.78. The molecule has 0 aliphatic carbocycles. The van der Waals surface area contributed by atoms with Crippen molar-refractivity contribution < 1.29 is 0 Å². The highest BCUT2D eigenvalue weighted by atomic mass is 14.8. The van der Waals surface area contributed by atoms with Gasteiger partial charge in [0.05, 0.1) is 0 Å². The van der Waals surface area contributed by atoms with Crippen molar-refractivity contribution in [2.24, 2.45) is 11.7 Å². The zero-order valence-corrected chi connectivity index (χ0v) is 22.6. The van der Waals surface area contributed by atoms with Crippen LogP contribution < -0.4 is 5.73 Å². The van der Waals surface area contributed by atoms with Gasteiger partial charge in [-0.1, -0.05) is 156 Å². The van der Waals surface area contributed by atoms with E-state index in [1.165, 1.54) is 154 Å². The van der Waals surface area contributed by atoms with Crippen molar-refractivity contribution in [3.05, 3.63) is 0 Å². The van der Waals surface area contributed by atoms with Crippen LogP contribution in [0.15, 0.2) is 0 Å². The minimum Gasteiger partial charge on any atom is -0.325 e. The molecule has 0 rings (SSSR count). The zero-order chi connectivity index (χ0) is 23.0. The van der Waals surface area contributed by atoms with E-state index in [2.05, 4.69) is 27.7 Å². The Hall–Kier alpha value is -0.0400. The van der Waals surface area contributed by atoms with E-state index < -0.39 is 0 Å². The molecule has 2 N–H and O–H groups in total. The van der Waals surface area contributed by atoms with Crippen molar-refractivity contribution in [1.82, 2.24) is 0 Å². The fraction of sp³-hybridized carbons (Fsp3) is 1.00. The summed E-state index contributed by atoms with van der Waals surface area (Å²) in [6.07, 6.45) is 33.4. The third-order valence-electron chi connectivity index (χ3n) is 7.60. The molecule has 0 aromatic heterocycles. The quantitative estimate of drug-likeness (QED) is 0.141. The van der Waals surface area contributed by atoms with Gasteiger partial charge < -0.3 is 5.73 Å². The summed E-state index contributed by atoms with van der Waals surface area (Å²) >= 11 is 0. The van der Waals surface area contributed by atoms with E-state index in [1.54, 1.807) is 0 Å². The SMILES string of the molecule is CCCCCCCCCCCCCCCCCC(CCC)C(N)(CCCC)CCCC. The van der Waals surface area contributed by atoms with Crippen molar-refractivity contribution in [2.45, 2.75) is 187 Å². The number of rotatable bonds is 25. The van der Waals surface area contributed by atoms with E-state index in [-0.39, 0.29) is 5.54 Å². The fourth-order valence-electron chi connectivity index (χ4n) is 5.37. The molecule has 0 saturated heterocycles. The normalized spacial score (nSPS) is 13.1. The summed E-state index contributed by atoms with van der Waals surface area (Å²) in [5.74, 6) is 0.748. The second-order valence-corrected chi connectivity index (χ2v) is 10.7. The predicted molar refractivity (Wildman–Crippen MR) is 144 cm³/mol. The molecule has 1 heteroatoms. The lowest BCUT2D eigenvalue weighted by Crippen LogP contribution is -2.47. The van der Waals surface area contributed by atoms with Crippen LogP contribution in [-0.4, -0.2) is 5.54 Å². The molecule has 0 saturated carbocycles. The van der Waals surface area contributed by atoms with Gasteiger partial charge in [-0.3, -0.25) is 0 Å². The summed E-state index contributed by atoms with van der Waals surface area (Å²) in [7, 11) is 0. The Morgan fingerprint density at radius 3 is 1.13 bits per heavy atom. The van der Waals surface area contributed by atoms with Gasteiger partial charge in [0, 0.05) is 5.54 Å². The molecule has 0 aromatic carbocycles. The molecule has 0 radical (unpaired) electrons. The topological polar surface area (TPSA) is 26.0 Å². The van der Waals surface area contributed by atoms with Gasteiger partial charge in [-0.15, -0.1) is 0 Å². The summed E-state index contributed by atoms with van der Waals surface area (Å²) in [6, 6.07) is 0. The van der Waals surface area contributed by atoms with Crippen LogP contribution in [0.3, 0.4) is 0 Å². The van der Waals surface area contributed by atoms with Gasteiger partial charge in [0.15, 0.2) is 0 Å². The molecule has 0 aliphatic rings. The summed E-state index contributed by atoms with van der Waals surface area (Å²) in [5.41, 5.74) is 7.17. The minimum atomic E-state index is 0.109. The van der Waals surface area contributed by atoms with E-state index in [9.17, 15) is 0 Å². The number of hydrogen-bond donors (Lipinski definition) is 1. The molecule has 0 aromatic rings. The van der Waals surface area contributed by atoms with Crippen LogP contribution in [0.25, 0.3) is 0 Å². The Kier molecular flexibility index (Phi) is 23.1. The minimum absolute atomic E-state index is 0.109. The molecule has 0 bridgehead atoms. The molecule has 0 heterocycles. The van der Waals surface area contributed by atoms with Gasteiger partial charge in [-0.05, 0) is 31.6 Å². The summed E-state index contributed by atoms with van der Waals surface area (Å²) < 4.78 is 0. The molecule has 0 spiro atoms. The number of hydrogen-bond acceptors (Lipinski definition) is 1. The summed E-state index contributed by atoms with van der Waals surface area (Å²) in [5, 5.41) is 0. The third kappa shape index (κ3) is 18.1. The lowest BCUT2D eigenvalue weighted by atomic mass is 9.72. The van der Waals surface area contributed by atoms with E-state index in [0.29, 0.717) is 0 Å². The molecule has 1 nitrogen and oxygen atoms in total. The molecule has 0 aliphatic heterocycles. The van der Waals surface area contributed by atoms with Crippen LogP contribution in [-0.2, 0) is 0 Å². The highest BCUT2D eigenvalue weighted by molar-refractivity contribution is 4.91. The first kappa shape index (κ1) is 31.0. The van der Waals surface area contributed by atoms with Crippen molar-refractivity contribution >= 4 is 0 Å². The number of nitrogens with two attached hydrogens (primary N) is 1. The average molecular weight is 438 g/mol. The Bertz CT molecular complexity index is 329. The van der Waals surface area contributed by atoms with Gasteiger partial charge in [-0.25, -0.2) is 0 Å². The summed E-state index contributed by atoms with van der Waals surface area (Å²) in [6.45, 7) is 9.27. The van der Waals surface area contributed by atoms with Gasteiger partial charge in [0.1, 0.15) is 0 Å². The van der Waals surface area contributed by atoms with Gasteiger partial charge in [-0.2, -0.15) is 0 Å². The van der Waals surface area contributed by atoms with Crippen molar-refractivity contribution in [1.29, 1.82) is 0 Å². The summed E-state index contributed by atoms with van der Waals surface area (Å²) in [4.78, 5) is 0. The van der Waals surface area contributed by atoms with E-state index in [1.807, 2.05) is 0 Å². The Labute approximate surface area is 199 Å². The maximum Gasteiger partial charge on any atom is 0.0182 e. The van der Waals surface area contributed by atoms with Gasteiger partial charge in [0.25, 0.3) is 0 Å². The first-order valence-electron chi connectivity index (χ1n) is 14.9. The monoisotopic (exact) mass is 437 g/mol. The molecule has 0 fully saturated rings. The van der Waals surface area contributed by atoms with Crippen LogP contribution in [0, 0.1) is 5.92 Å². The van der Waals surface area contributed by atoms with Crippen LogP contribution in [0.1, 0.15) is 182 Å². The molecular formula is C30H63N. The van der Waals surface area contributed by atoms with Crippen LogP contribution >= 0.6 is 0 Å². The molecule has 1 atom stereocenters. The second kappa shape index (κ2) is 23.1. The van der Waals surface area contributed by atoms with E-state index in [0.717, 1.165) is 5.92 Å². The van der Waals surface area contributed by atoms with E-state index >= 15 is 0 Å². The molecular weight excluding hydrogens is 374 g/mol. The largest absolute Gasteiger partial charge is 0.325 e. The molecule has 31 heavy (non-hydrogen) atoms. The Morgan fingerprint density at radius 2 is 0.774 bits per heavy atom. The van der Waals surface area contributed by atoms with Crippen molar-refractivity contribution in [3.8, 4) is 0 Å². The van der Waals surface area contributed by atoms with Crippen LogP contribution in [0.4, 0.5) is 0 Å². The van der Waals surface area contributed by atoms with Gasteiger partial charge >= 0.3 is 0 Å². The second-order valence-electron chi connectivity index (χ2n) is 10.7. The highest BCUT2D eigenvalue weighted by Crippen LogP contribution is 2.34. The van der Waals surface area contributed by atoms with Crippen LogP contribution in [0.2, 0.25) is 0 Å². The first-order chi connectivity index (χ1) is 15.1. The smallest absolute Gasteiger partial charge is 0.0182 e. The fourth-order valence-corrected chi connectivity index (χ4v) is 5.37. The zero-order valence-electron chi connectivity index (χ0n) is 22.6. The number of unbranched alkanes of at least 4 members (excludes halogenated alkanes) is 16. The molecule has 0 amide bonds. The third-order valence-corrected chi connectivity index (χ3v) is 7.60. The highest BCUT2D eigenvalue weighted by Gasteiger charge is 2.32. The van der Waals surface area contributed by atoms with E-state index in [4.69, 9.17) is 5.73 Å². The molecule has 188 valence electrons. The lowest BCUT2D eigenvalue weighted by molar-refractivity contribution is 0.195. The predicted octanol–water partition coefficient (Wildman–Crippen LogP) is 10.7. The van der Waals surface area contributed by atoms with Crippen molar-refractivity contribution in [3.63, 3.8) is 0 Å². The maximum atomic E-state index is 7.06. The first-order valence-corrected chi connectivity index (χ1v) is 14.9. The lowest BCUT2D eigenvalue weighted by Gasteiger charge is -2.38. The van der Waals surface area contributed by atoms with Gasteiger partial charge in [0.2, 0.25) is 0 Å². The Balaban J connectivity index is 3.81. The maximum absolute atomic E-state index is 7.06. The van der Waals surface area contributed by atoms with Crippen molar-refractivity contribution in [2.75, 3.05) is 0 Å². The van der Waals surface area contributed by atoms with Crippen LogP contribution in [0.5, 0.6) is 0 Å². The Morgan fingerprint density at radius 1 is 0.419 bits per heavy atom. The molecule has 1 unspecified atom stereocenters. The standard InChI is InChI=1S/C30H63N/c1-5-9-12-13-14-15-16-17-18-19-20-21-22-23-24-26-29(25-8-4)30(31,27-10-6-2)28-11-7-3/h29H,5-28,31H2,1-4H3.